The Morgan fingerprint density at radius 1 is 1.06 bits per heavy atom. The Kier molecular flexibility index (Phi) is 6.45. The molecule has 1 atom stereocenters. The third-order valence-corrected chi connectivity index (χ3v) is 5.68. The molecular weight excluding hydrogens is 439 g/mol. The van der Waals surface area contributed by atoms with Crippen LogP contribution in [0, 0.1) is 0 Å². The SMILES string of the molecule is CC1(C)CC(Oc2ccc(-c3ncc(-c4cn[nH]c4)cc3O)nn2)CC2(CC2)N1.Cl.Cl. The standard InChI is InChI=1S/C21H24N6O2.2ClH/c1-20(2)8-15(9-21(27-20)5-6-21)29-18-4-3-16(25-26-18)19-17(28)7-13(10-22-19)14-11-23-24-12-14;;/h3-4,7,10-12,15,27-28H,5-6,8-9H2,1-2H3,(H,23,24);2*1H. The molecule has 3 aromatic heterocycles. The minimum absolute atomic E-state index is 0. The molecule has 0 radical (unpaired) electrons. The van der Waals surface area contributed by atoms with E-state index in [1.165, 1.54) is 12.8 Å². The molecule has 1 aliphatic carbocycles. The van der Waals surface area contributed by atoms with E-state index in [1.807, 2.05) is 0 Å². The molecule has 2 aliphatic rings. The highest BCUT2D eigenvalue weighted by atomic mass is 35.5. The van der Waals surface area contributed by atoms with Crippen LogP contribution in [0.2, 0.25) is 0 Å². The van der Waals surface area contributed by atoms with Gasteiger partial charge < -0.3 is 15.2 Å². The van der Waals surface area contributed by atoms with Crippen LogP contribution in [0.3, 0.4) is 0 Å². The highest BCUT2D eigenvalue weighted by Gasteiger charge is 2.51. The van der Waals surface area contributed by atoms with E-state index >= 15 is 0 Å². The van der Waals surface area contributed by atoms with Crippen molar-refractivity contribution in [3.05, 3.63) is 36.8 Å². The molecule has 0 bridgehead atoms. The molecule has 1 unspecified atom stereocenters. The fourth-order valence-corrected chi connectivity index (χ4v) is 4.36. The van der Waals surface area contributed by atoms with Crippen molar-refractivity contribution < 1.29 is 9.84 Å². The zero-order valence-corrected chi connectivity index (χ0v) is 19.0. The average molecular weight is 465 g/mol. The largest absolute Gasteiger partial charge is 0.506 e. The molecule has 4 heterocycles. The number of nitrogens with one attached hydrogen (secondary N) is 2. The molecule has 166 valence electrons. The van der Waals surface area contributed by atoms with Gasteiger partial charge >= 0.3 is 0 Å². The lowest BCUT2D eigenvalue weighted by atomic mass is 9.85. The summed E-state index contributed by atoms with van der Waals surface area (Å²) < 4.78 is 6.15. The Morgan fingerprint density at radius 3 is 2.48 bits per heavy atom. The lowest BCUT2D eigenvalue weighted by Crippen LogP contribution is -2.56. The van der Waals surface area contributed by atoms with Crippen LogP contribution in [-0.4, -0.2) is 47.7 Å². The van der Waals surface area contributed by atoms with Crippen molar-refractivity contribution in [1.29, 1.82) is 0 Å². The number of halogens is 2. The van der Waals surface area contributed by atoms with Gasteiger partial charge in [0, 0.05) is 53.5 Å². The highest BCUT2D eigenvalue weighted by molar-refractivity contribution is 5.85. The van der Waals surface area contributed by atoms with Crippen molar-refractivity contribution in [2.24, 2.45) is 0 Å². The number of aromatic hydroxyl groups is 1. The fourth-order valence-electron chi connectivity index (χ4n) is 4.36. The summed E-state index contributed by atoms with van der Waals surface area (Å²) >= 11 is 0. The van der Waals surface area contributed by atoms with Crippen molar-refractivity contribution in [3.63, 3.8) is 0 Å². The molecule has 0 aromatic carbocycles. The lowest BCUT2D eigenvalue weighted by molar-refractivity contribution is 0.0737. The smallest absolute Gasteiger partial charge is 0.233 e. The number of H-pyrrole nitrogens is 1. The molecule has 3 N–H and O–H groups in total. The summed E-state index contributed by atoms with van der Waals surface area (Å²) in [6.07, 6.45) is 9.56. The number of aromatic amines is 1. The van der Waals surface area contributed by atoms with E-state index in [1.54, 1.807) is 36.8 Å². The highest BCUT2D eigenvalue weighted by Crippen LogP contribution is 2.46. The second kappa shape index (κ2) is 8.61. The van der Waals surface area contributed by atoms with Crippen molar-refractivity contribution in [1.82, 2.24) is 30.7 Å². The Hall–Kier alpha value is -2.42. The van der Waals surface area contributed by atoms with Crippen LogP contribution >= 0.6 is 24.8 Å². The third-order valence-electron chi connectivity index (χ3n) is 5.68. The Balaban J connectivity index is 0.00000136. The van der Waals surface area contributed by atoms with Gasteiger partial charge in [-0.05, 0) is 38.8 Å². The molecule has 1 spiro atoms. The van der Waals surface area contributed by atoms with E-state index < -0.39 is 0 Å². The zero-order chi connectivity index (χ0) is 20.1. The van der Waals surface area contributed by atoms with Crippen LogP contribution in [0.1, 0.15) is 39.5 Å². The number of pyridine rings is 1. The van der Waals surface area contributed by atoms with Gasteiger partial charge in [-0.1, -0.05) is 0 Å². The molecule has 2 fully saturated rings. The Morgan fingerprint density at radius 2 is 1.87 bits per heavy atom. The molecule has 10 heteroatoms. The molecule has 1 aliphatic heterocycles. The van der Waals surface area contributed by atoms with Crippen LogP contribution in [0.15, 0.2) is 36.8 Å². The number of piperidine rings is 1. The normalized spacial score (nSPS) is 20.4. The molecule has 3 aromatic rings. The van der Waals surface area contributed by atoms with Crippen molar-refractivity contribution in [3.8, 4) is 34.1 Å². The van der Waals surface area contributed by atoms with Gasteiger partial charge in [0.2, 0.25) is 5.88 Å². The van der Waals surface area contributed by atoms with Gasteiger partial charge in [0.25, 0.3) is 0 Å². The summed E-state index contributed by atoms with van der Waals surface area (Å²) in [5, 5.41) is 29.3. The monoisotopic (exact) mass is 464 g/mol. The molecular formula is C21H26Cl2N6O2. The van der Waals surface area contributed by atoms with Gasteiger partial charge in [0.1, 0.15) is 23.2 Å². The number of rotatable bonds is 4. The lowest BCUT2D eigenvalue weighted by Gasteiger charge is -2.41. The number of hydrogen-bond acceptors (Lipinski definition) is 7. The van der Waals surface area contributed by atoms with Crippen molar-refractivity contribution in [2.75, 3.05) is 0 Å². The van der Waals surface area contributed by atoms with Crippen molar-refractivity contribution >= 4 is 24.8 Å². The summed E-state index contributed by atoms with van der Waals surface area (Å²) in [6.45, 7) is 4.44. The topological polar surface area (TPSA) is 109 Å². The molecule has 8 nitrogen and oxygen atoms in total. The summed E-state index contributed by atoms with van der Waals surface area (Å²) in [7, 11) is 0. The first-order valence-electron chi connectivity index (χ1n) is 9.90. The van der Waals surface area contributed by atoms with Crippen LogP contribution in [0.25, 0.3) is 22.5 Å². The van der Waals surface area contributed by atoms with Gasteiger partial charge in [-0.15, -0.1) is 35.0 Å². The van der Waals surface area contributed by atoms with Crippen molar-refractivity contribution in [2.45, 2.75) is 56.7 Å². The molecule has 1 saturated carbocycles. The summed E-state index contributed by atoms with van der Waals surface area (Å²) in [4.78, 5) is 4.35. The van der Waals surface area contributed by atoms with Crippen LogP contribution in [0.5, 0.6) is 11.6 Å². The molecule has 31 heavy (non-hydrogen) atoms. The third kappa shape index (κ3) is 4.92. The van der Waals surface area contributed by atoms with Gasteiger partial charge in [0.15, 0.2) is 0 Å². The number of ether oxygens (including phenoxy) is 1. The summed E-state index contributed by atoms with van der Waals surface area (Å²) in [6, 6.07) is 5.22. The first-order valence-corrected chi connectivity index (χ1v) is 9.90. The molecule has 0 amide bonds. The maximum Gasteiger partial charge on any atom is 0.233 e. The van der Waals surface area contributed by atoms with E-state index in [2.05, 4.69) is 44.5 Å². The number of nitrogens with zero attached hydrogens (tertiary/aromatic N) is 4. The average Bonchev–Trinajstić information content (AvgIpc) is 3.17. The predicted molar refractivity (Wildman–Crippen MR) is 122 cm³/mol. The summed E-state index contributed by atoms with van der Waals surface area (Å²) in [5.41, 5.74) is 2.81. The van der Waals surface area contributed by atoms with E-state index in [0.717, 1.165) is 24.0 Å². The maximum absolute atomic E-state index is 10.4. The quantitative estimate of drug-likeness (QED) is 0.536. The summed E-state index contributed by atoms with van der Waals surface area (Å²) in [5.74, 6) is 0.546. The van der Waals surface area contributed by atoms with Gasteiger partial charge in [-0.3, -0.25) is 5.10 Å². The Labute approximate surface area is 193 Å². The van der Waals surface area contributed by atoms with Gasteiger partial charge in [-0.25, -0.2) is 4.98 Å². The first-order chi connectivity index (χ1) is 13.9. The number of aromatic nitrogens is 5. The van der Waals surface area contributed by atoms with E-state index in [0.29, 0.717) is 17.3 Å². The zero-order valence-electron chi connectivity index (χ0n) is 17.3. The number of hydrogen-bond donors (Lipinski definition) is 3. The first kappa shape index (κ1) is 23.2. The van der Waals surface area contributed by atoms with Crippen LogP contribution < -0.4 is 10.1 Å². The van der Waals surface area contributed by atoms with Crippen LogP contribution in [-0.2, 0) is 0 Å². The Bertz CT molecular complexity index is 1020. The van der Waals surface area contributed by atoms with Gasteiger partial charge in [-0.2, -0.15) is 5.10 Å². The maximum atomic E-state index is 10.4. The molecule has 1 saturated heterocycles. The molecule has 5 rings (SSSR count). The second-order valence-corrected chi connectivity index (χ2v) is 8.77. The van der Waals surface area contributed by atoms with E-state index in [-0.39, 0.29) is 47.7 Å². The van der Waals surface area contributed by atoms with Crippen LogP contribution in [0.4, 0.5) is 0 Å². The second-order valence-electron chi connectivity index (χ2n) is 8.77. The fraction of sp³-hybridized carbons (Fsp3) is 0.429. The van der Waals surface area contributed by atoms with Gasteiger partial charge in [0.05, 0.1) is 6.20 Å². The minimum Gasteiger partial charge on any atom is -0.506 e. The predicted octanol–water partition coefficient (Wildman–Crippen LogP) is 3.92. The minimum atomic E-state index is 0. The van der Waals surface area contributed by atoms with E-state index in [9.17, 15) is 5.11 Å². The van der Waals surface area contributed by atoms with E-state index in [4.69, 9.17) is 4.74 Å².